The van der Waals surface area contributed by atoms with Gasteiger partial charge in [0.1, 0.15) is 0 Å². The van der Waals surface area contributed by atoms with E-state index in [1.54, 1.807) is 13.1 Å². The van der Waals surface area contributed by atoms with Gasteiger partial charge in [0.05, 0.1) is 24.2 Å². The number of likely N-dealkylation sites (N-methyl/N-ethyl adjacent to an activating group) is 1. The number of sulfonamides is 1. The van der Waals surface area contributed by atoms with Crippen LogP contribution in [0, 0.1) is 0 Å². The molecule has 134 valence electrons. The number of amides is 1. The zero-order chi connectivity index (χ0) is 17.6. The molecule has 3 N–H and O–H groups in total. The number of carbonyl (C=O) groups is 1. The number of hydrogen-bond donors (Lipinski definition) is 3. The Morgan fingerprint density at radius 1 is 1.21 bits per heavy atom. The minimum Gasteiger partial charge on any atom is -0.490 e. The maximum Gasteiger partial charge on any atom is 0.241 e. The quantitative estimate of drug-likeness (QED) is 0.586. The lowest BCUT2D eigenvalue weighted by Crippen LogP contribution is -2.46. The molecule has 0 aromatic heterocycles. The van der Waals surface area contributed by atoms with Crippen molar-refractivity contribution in [2.45, 2.75) is 24.3 Å². The van der Waals surface area contributed by atoms with Crippen molar-refractivity contribution in [2.24, 2.45) is 0 Å². The molecule has 8 nitrogen and oxygen atoms in total. The summed E-state index contributed by atoms with van der Waals surface area (Å²) in [4.78, 5) is 11.9. The van der Waals surface area contributed by atoms with Gasteiger partial charge in [-0.05, 0) is 26.1 Å². The van der Waals surface area contributed by atoms with Gasteiger partial charge in [0.15, 0.2) is 11.5 Å². The summed E-state index contributed by atoms with van der Waals surface area (Å²) >= 11 is 0. The minimum absolute atomic E-state index is 0.0293. The Labute approximate surface area is 142 Å². The molecule has 1 heterocycles. The molecule has 0 bridgehead atoms. The second kappa shape index (κ2) is 8.32. The van der Waals surface area contributed by atoms with Crippen LogP contribution in [0.2, 0.25) is 0 Å². The number of rotatable bonds is 7. The third kappa shape index (κ3) is 4.83. The Morgan fingerprint density at radius 2 is 1.92 bits per heavy atom. The summed E-state index contributed by atoms with van der Waals surface area (Å²) in [5, 5.41) is 5.53. The largest absolute Gasteiger partial charge is 0.490 e. The molecule has 24 heavy (non-hydrogen) atoms. The zero-order valence-corrected chi connectivity index (χ0v) is 14.6. The maximum atomic E-state index is 12.4. The lowest BCUT2D eigenvalue weighted by atomic mass is 10.3. The average Bonchev–Trinajstić information content (AvgIpc) is 2.79. The zero-order valence-electron chi connectivity index (χ0n) is 13.8. The first-order valence-corrected chi connectivity index (χ1v) is 9.26. The van der Waals surface area contributed by atoms with Crippen LogP contribution in [0.4, 0.5) is 0 Å². The van der Waals surface area contributed by atoms with Gasteiger partial charge in [-0.3, -0.25) is 4.79 Å². The summed E-state index contributed by atoms with van der Waals surface area (Å²) in [6.45, 7) is 3.52. The average molecular weight is 357 g/mol. The van der Waals surface area contributed by atoms with E-state index in [9.17, 15) is 13.2 Å². The number of fused-ring (bicyclic) bond motifs is 1. The Hall–Kier alpha value is -1.84. The first kappa shape index (κ1) is 18.5. The number of benzene rings is 1. The van der Waals surface area contributed by atoms with Crippen LogP contribution in [-0.2, 0) is 14.8 Å². The van der Waals surface area contributed by atoms with Crippen molar-refractivity contribution in [3.8, 4) is 11.5 Å². The van der Waals surface area contributed by atoms with Crippen LogP contribution in [0.3, 0.4) is 0 Å². The predicted octanol–water partition coefficient (Wildman–Crippen LogP) is -0.150. The Bertz CT molecular complexity index is 678. The van der Waals surface area contributed by atoms with Gasteiger partial charge in [0.2, 0.25) is 15.9 Å². The second-order valence-corrected chi connectivity index (χ2v) is 7.11. The van der Waals surface area contributed by atoms with E-state index >= 15 is 0 Å². The Kier molecular flexibility index (Phi) is 6.41. The minimum atomic E-state index is -3.84. The number of nitrogens with one attached hydrogen (secondary N) is 3. The van der Waals surface area contributed by atoms with Gasteiger partial charge in [0, 0.05) is 25.6 Å². The smallest absolute Gasteiger partial charge is 0.241 e. The van der Waals surface area contributed by atoms with Gasteiger partial charge in [-0.15, -0.1) is 0 Å². The van der Waals surface area contributed by atoms with Crippen LogP contribution < -0.4 is 24.8 Å². The summed E-state index contributed by atoms with van der Waals surface area (Å²) in [7, 11) is -2.08. The van der Waals surface area contributed by atoms with Crippen LogP contribution in [0.15, 0.2) is 23.1 Å². The number of carbonyl (C=O) groups excluding carboxylic acids is 1. The molecule has 9 heteroatoms. The molecule has 0 aliphatic carbocycles. The van der Waals surface area contributed by atoms with Crippen molar-refractivity contribution in [3.63, 3.8) is 0 Å². The highest BCUT2D eigenvalue weighted by Crippen LogP contribution is 2.31. The van der Waals surface area contributed by atoms with E-state index in [0.29, 0.717) is 37.8 Å². The van der Waals surface area contributed by atoms with Crippen LogP contribution in [-0.4, -0.2) is 53.7 Å². The molecule has 0 radical (unpaired) electrons. The molecular weight excluding hydrogens is 334 g/mol. The summed E-state index contributed by atoms with van der Waals surface area (Å²) < 4.78 is 38.2. The Balaban J connectivity index is 2.07. The normalized spacial score (nSPS) is 15.4. The number of ether oxygens (including phenoxy) is 2. The van der Waals surface area contributed by atoms with Crippen LogP contribution in [0.25, 0.3) is 0 Å². The molecule has 0 spiro atoms. The monoisotopic (exact) mass is 357 g/mol. The third-order valence-corrected chi connectivity index (χ3v) is 4.97. The second-order valence-electron chi connectivity index (χ2n) is 5.40. The predicted molar refractivity (Wildman–Crippen MR) is 88.8 cm³/mol. The fraction of sp³-hybridized carbons (Fsp3) is 0.533. The molecule has 1 unspecified atom stereocenters. The molecule has 2 rings (SSSR count). The fourth-order valence-electron chi connectivity index (χ4n) is 2.13. The van der Waals surface area contributed by atoms with Crippen molar-refractivity contribution in [1.82, 2.24) is 15.4 Å². The van der Waals surface area contributed by atoms with Gasteiger partial charge >= 0.3 is 0 Å². The summed E-state index contributed by atoms with van der Waals surface area (Å²) in [5.74, 6) is 0.522. The van der Waals surface area contributed by atoms with E-state index in [1.807, 2.05) is 0 Å². The Morgan fingerprint density at radius 3 is 2.62 bits per heavy atom. The van der Waals surface area contributed by atoms with E-state index in [0.717, 1.165) is 6.42 Å². The molecule has 0 saturated carbocycles. The molecular formula is C15H23N3O5S. The SMILES string of the molecule is CNCCNC(=O)C(C)NS(=O)(=O)c1ccc2c(c1)OCCCO2. The van der Waals surface area contributed by atoms with E-state index in [4.69, 9.17) is 9.47 Å². The highest BCUT2D eigenvalue weighted by Gasteiger charge is 2.23. The van der Waals surface area contributed by atoms with E-state index in [-0.39, 0.29) is 10.8 Å². The molecule has 1 amide bonds. The van der Waals surface area contributed by atoms with Crippen molar-refractivity contribution < 1.29 is 22.7 Å². The van der Waals surface area contributed by atoms with Crippen LogP contribution in [0.1, 0.15) is 13.3 Å². The van der Waals surface area contributed by atoms with E-state index < -0.39 is 16.1 Å². The summed E-state index contributed by atoms with van der Waals surface area (Å²) in [6.07, 6.45) is 0.735. The third-order valence-electron chi connectivity index (χ3n) is 3.43. The van der Waals surface area contributed by atoms with Crippen molar-refractivity contribution in [3.05, 3.63) is 18.2 Å². The van der Waals surface area contributed by atoms with Gasteiger partial charge in [-0.1, -0.05) is 0 Å². The lowest BCUT2D eigenvalue weighted by molar-refractivity contribution is -0.122. The molecule has 1 aliphatic rings. The van der Waals surface area contributed by atoms with Crippen molar-refractivity contribution in [2.75, 3.05) is 33.4 Å². The standard InChI is InChI=1S/C15H23N3O5S/c1-11(15(19)17-7-6-16-2)18-24(20,21)12-4-5-13-14(10-12)23-9-3-8-22-13/h4-5,10-11,16,18H,3,6-9H2,1-2H3,(H,17,19). The van der Waals surface area contributed by atoms with Crippen LogP contribution >= 0.6 is 0 Å². The van der Waals surface area contributed by atoms with E-state index in [1.165, 1.54) is 19.1 Å². The summed E-state index contributed by atoms with van der Waals surface area (Å²) in [6, 6.07) is 3.52. The van der Waals surface area contributed by atoms with Gasteiger partial charge in [-0.25, -0.2) is 8.42 Å². The van der Waals surface area contributed by atoms with Gasteiger partial charge < -0.3 is 20.1 Å². The molecule has 1 atom stereocenters. The van der Waals surface area contributed by atoms with Crippen molar-refractivity contribution in [1.29, 1.82) is 0 Å². The molecule has 0 saturated heterocycles. The molecule has 1 aromatic rings. The topological polar surface area (TPSA) is 106 Å². The van der Waals surface area contributed by atoms with Gasteiger partial charge in [0.25, 0.3) is 0 Å². The number of hydrogen-bond acceptors (Lipinski definition) is 6. The lowest BCUT2D eigenvalue weighted by Gasteiger charge is -2.15. The fourth-order valence-corrected chi connectivity index (χ4v) is 3.35. The van der Waals surface area contributed by atoms with Crippen molar-refractivity contribution >= 4 is 15.9 Å². The highest BCUT2D eigenvalue weighted by molar-refractivity contribution is 7.89. The molecule has 0 fully saturated rings. The van der Waals surface area contributed by atoms with Crippen LogP contribution in [0.5, 0.6) is 11.5 Å². The first-order valence-electron chi connectivity index (χ1n) is 7.78. The molecule has 1 aromatic carbocycles. The molecule has 1 aliphatic heterocycles. The van der Waals surface area contributed by atoms with Gasteiger partial charge in [-0.2, -0.15) is 4.72 Å². The summed E-state index contributed by atoms with van der Waals surface area (Å²) in [5.41, 5.74) is 0. The highest BCUT2D eigenvalue weighted by atomic mass is 32.2. The first-order chi connectivity index (χ1) is 11.4. The van der Waals surface area contributed by atoms with E-state index in [2.05, 4.69) is 15.4 Å². The maximum absolute atomic E-state index is 12.4.